The van der Waals surface area contributed by atoms with Crippen molar-refractivity contribution in [2.75, 3.05) is 0 Å². The van der Waals surface area contributed by atoms with Gasteiger partial charge in [0.15, 0.2) is 12.0 Å². The van der Waals surface area contributed by atoms with Crippen LogP contribution in [0.1, 0.15) is 38.4 Å². The predicted octanol–water partition coefficient (Wildman–Crippen LogP) is 4.87. The first kappa shape index (κ1) is 18.5. The van der Waals surface area contributed by atoms with Crippen molar-refractivity contribution in [2.24, 2.45) is 0 Å². The molecule has 1 aromatic carbocycles. The lowest BCUT2D eigenvalue weighted by Gasteiger charge is -2.33. The molecule has 1 N–H and O–H groups in total. The Labute approximate surface area is 172 Å². The van der Waals surface area contributed by atoms with Gasteiger partial charge in [-0.15, -0.1) is 0 Å². The number of hydrogen-bond acceptors (Lipinski definition) is 1. The average Bonchev–Trinajstić information content (AvgIpc) is 3.42. The monoisotopic (exact) mass is 403 g/mol. The number of hydrogen-bond donors (Lipinski definition) is 1. The van der Waals surface area contributed by atoms with E-state index in [-0.39, 0.29) is 0 Å². The molecule has 4 heterocycles. The Morgan fingerprint density at radius 2 is 1.73 bits per heavy atom. The molecule has 0 fully saturated rings. The van der Waals surface area contributed by atoms with Crippen LogP contribution in [0.5, 0.6) is 0 Å². The number of halogens is 2. The molecule has 4 nitrogen and oxygen atoms in total. The van der Waals surface area contributed by atoms with E-state index in [9.17, 15) is 4.79 Å². The molecule has 0 radical (unpaired) electrons. The number of aldehydes is 1. The van der Waals surface area contributed by atoms with Crippen LogP contribution < -0.4 is 0 Å². The third-order valence-electron chi connectivity index (χ3n) is 5.89. The molecule has 0 unspecified atom stereocenters. The summed E-state index contributed by atoms with van der Waals surface area (Å²) in [4.78, 5) is 14.0. The zero-order valence-electron chi connectivity index (χ0n) is 16.9. The second kappa shape index (κ2) is 6.26. The lowest BCUT2D eigenvalue weighted by Crippen LogP contribution is -2.49. The fourth-order valence-electron chi connectivity index (χ4n) is 4.80. The third kappa shape index (κ3) is 2.44. The largest absolute Gasteiger partial charge is 0.737 e. The third-order valence-corrected chi connectivity index (χ3v) is 5.89. The molecule has 3 aromatic rings. The van der Waals surface area contributed by atoms with Crippen molar-refractivity contribution in [1.29, 1.82) is 0 Å². The van der Waals surface area contributed by atoms with E-state index in [1.807, 2.05) is 20.8 Å². The number of aryl methyl sites for hydroxylation is 3. The van der Waals surface area contributed by atoms with Gasteiger partial charge in [-0.25, -0.2) is 0 Å². The van der Waals surface area contributed by atoms with E-state index >= 15 is 8.63 Å². The van der Waals surface area contributed by atoms with Crippen LogP contribution in [-0.4, -0.2) is 33.4 Å². The van der Waals surface area contributed by atoms with E-state index in [2.05, 4.69) is 17.1 Å². The molecule has 0 bridgehead atoms. The summed E-state index contributed by atoms with van der Waals surface area (Å²) in [7, 11) is 0. The predicted molar refractivity (Wildman–Crippen MR) is 115 cm³/mol. The van der Waals surface area contributed by atoms with Gasteiger partial charge < -0.3 is 22.6 Å². The highest BCUT2D eigenvalue weighted by atomic mass is 19.2. The number of carbonyl (C=O) groups is 1. The SMILES string of the molecule is Cc1cc(C)c(C2=C3C=CC=[N+]3[B-](F)(F)n3c2ccc3-c2ccc(C=O)[nH]2)c(C)c1. The van der Waals surface area contributed by atoms with Crippen LogP contribution in [0, 0.1) is 20.8 Å². The Hall–Kier alpha value is -3.48. The Kier molecular flexibility index (Phi) is 3.87. The minimum absolute atomic E-state index is 0.349. The van der Waals surface area contributed by atoms with Crippen molar-refractivity contribution >= 4 is 25.0 Å². The lowest BCUT2D eigenvalue weighted by molar-refractivity contribution is -0.356. The van der Waals surface area contributed by atoms with Gasteiger partial charge in [0, 0.05) is 23.5 Å². The van der Waals surface area contributed by atoms with Crippen LogP contribution in [-0.2, 0) is 0 Å². The van der Waals surface area contributed by atoms with Crippen molar-refractivity contribution in [1.82, 2.24) is 9.46 Å². The van der Waals surface area contributed by atoms with Crippen molar-refractivity contribution < 1.29 is 17.9 Å². The normalized spacial score (nSPS) is 16.5. The summed E-state index contributed by atoms with van der Waals surface area (Å²) in [6.45, 7) is 1.97. The van der Waals surface area contributed by atoms with E-state index in [0.717, 1.165) is 36.8 Å². The second-order valence-electron chi connectivity index (χ2n) is 7.96. The standard InChI is InChI=1S/C23H20BF2N3O/c1-14-11-15(2)22(16(3)12-14)23-20-5-4-10-28(20)24(25,26)29-19(8-9-21(23)29)18-7-6-17(13-30)27-18/h4-13,27H,1-3H3. The zero-order chi connectivity index (χ0) is 21.2. The lowest BCUT2D eigenvalue weighted by atomic mass is 9.83. The Balaban J connectivity index is 1.84. The van der Waals surface area contributed by atoms with E-state index in [4.69, 9.17) is 0 Å². The molecule has 2 aliphatic rings. The van der Waals surface area contributed by atoms with E-state index in [1.54, 1.807) is 36.4 Å². The molecular weight excluding hydrogens is 383 g/mol. The highest BCUT2D eigenvalue weighted by Crippen LogP contribution is 2.43. The molecule has 5 rings (SSSR count). The maximum absolute atomic E-state index is 15.7. The minimum Gasteiger partial charge on any atom is -0.389 e. The van der Waals surface area contributed by atoms with E-state index < -0.39 is 6.97 Å². The van der Waals surface area contributed by atoms with Crippen LogP contribution in [0.4, 0.5) is 8.63 Å². The number of carbonyl (C=O) groups excluding carboxylic acids is 1. The van der Waals surface area contributed by atoms with Crippen molar-refractivity contribution in [3.8, 4) is 11.4 Å². The fraction of sp³-hybridized carbons (Fsp3) is 0.130. The van der Waals surface area contributed by atoms with Gasteiger partial charge in [-0.05, 0) is 61.7 Å². The van der Waals surface area contributed by atoms with E-state index in [0.29, 0.717) is 34.8 Å². The van der Waals surface area contributed by atoms with Crippen molar-refractivity contribution in [3.05, 3.63) is 87.9 Å². The van der Waals surface area contributed by atoms with Crippen LogP contribution in [0.25, 0.3) is 17.0 Å². The van der Waals surface area contributed by atoms with Gasteiger partial charge in [0.25, 0.3) is 0 Å². The number of allylic oxidation sites excluding steroid dienone is 2. The maximum Gasteiger partial charge on any atom is 0.737 e. The number of rotatable bonds is 3. The number of H-pyrrole nitrogens is 1. The number of benzene rings is 1. The van der Waals surface area contributed by atoms with Crippen molar-refractivity contribution in [2.45, 2.75) is 20.8 Å². The first-order chi connectivity index (χ1) is 14.3. The van der Waals surface area contributed by atoms with Gasteiger partial charge in [-0.1, -0.05) is 17.7 Å². The molecule has 0 aliphatic carbocycles. The second-order valence-corrected chi connectivity index (χ2v) is 7.96. The molecule has 150 valence electrons. The summed E-state index contributed by atoms with van der Waals surface area (Å²) < 4.78 is 33.7. The summed E-state index contributed by atoms with van der Waals surface area (Å²) in [5.41, 5.74) is 7.15. The van der Waals surface area contributed by atoms with Gasteiger partial charge in [0.2, 0.25) is 0 Å². The smallest absolute Gasteiger partial charge is 0.389 e. The molecule has 0 saturated heterocycles. The maximum atomic E-state index is 15.7. The Bertz CT molecular complexity index is 1300. The molecule has 0 spiro atoms. The molecular formula is C23H20BF2N3O. The summed E-state index contributed by atoms with van der Waals surface area (Å²) >= 11 is 0. The molecule has 2 aromatic heterocycles. The molecule has 2 aliphatic heterocycles. The number of nitrogens with zero attached hydrogens (tertiary/aromatic N) is 2. The number of fused-ring (bicyclic) bond motifs is 2. The highest BCUT2D eigenvalue weighted by molar-refractivity contribution is 6.58. The summed E-state index contributed by atoms with van der Waals surface area (Å²) in [5.74, 6) is 0. The van der Waals surface area contributed by atoms with Gasteiger partial charge in [0.1, 0.15) is 6.21 Å². The van der Waals surface area contributed by atoms with Crippen LogP contribution in [0.3, 0.4) is 0 Å². The summed E-state index contributed by atoms with van der Waals surface area (Å²) in [5, 5.41) is 0. The fourth-order valence-corrected chi connectivity index (χ4v) is 4.80. The van der Waals surface area contributed by atoms with E-state index in [1.165, 1.54) is 6.21 Å². The Morgan fingerprint density at radius 1 is 1.03 bits per heavy atom. The molecule has 0 saturated carbocycles. The molecule has 7 heteroatoms. The topological polar surface area (TPSA) is 40.8 Å². The zero-order valence-corrected chi connectivity index (χ0v) is 16.9. The molecule has 0 amide bonds. The minimum atomic E-state index is -4.10. The summed E-state index contributed by atoms with van der Waals surface area (Å²) in [6, 6.07) is 10.8. The van der Waals surface area contributed by atoms with Gasteiger partial charge in [0.05, 0.1) is 17.0 Å². The average molecular weight is 403 g/mol. The molecule has 0 atom stereocenters. The van der Waals surface area contributed by atoms with Crippen LogP contribution in [0.2, 0.25) is 0 Å². The van der Waals surface area contributed by atoms with Crippen molar-refractivity contribution in [3.63, 3.8) is 0 Å². The Morgan fingerprint density at radius 3 is 2.40 bits per heavy atom. The molecule has 30 heavy (non-hydrogen) atoms. The van der Waals surface area contributed by atoms with Gasteiger partial charge in [-0.2, -0.15) is 0 Å². The highest BCUT2D eigenvalue weighted by Gasteiger charge is 2.53. The number of nitrogens with one attached hydrogen (secondary N) is 1. The summed E-state index contributed by atoms with van der Waals surface area (Å²) in [6.07, 6.45) is 5.52. The number of aromatic nitrogens is 2. The first-order valence-electron chi connectivity index (χ1n) is 9.84. The quantitative estimate of drug-likeness (QED) is 0.492. The van der Waals surface area contributed by atoms with Crippen LogP contribution >= 0.6 is 0 Å². The van der Waals surface area contributed by atoms with Crippen LogP contribution in [0.15, 0.2) is 54.2 Å². The van der Waals surface area contributed by atoms with Gasteiger partial charge in [-0.3, -0.25) is 4.79 Å². The first-order valence-corrected chi connectivity index (χ1v) is 9.84. The number of aromatic amines is 1. The van der Waals surface area contributed by atoms with Gasteiger partial charge >= 0.3 is 6.97 Å².